The number of rotatable bonds is 4. The number of aromatic nitrogens is 2. The molecule has 6 heteroatoms. The molecule has 0 spiro atoms. The number of nitrogens with zero attached hydrogens (tertiary/aromatic N) is 2. The number of hydrogen-bond acceptors (Lipinski definition) is 6. The zero-order chi connectivity index (χ0) is 20.4. The molecule has 0 saturated heterocycles. The highest BCUT2D eigenvalue weighted by Gasteiger charge is 2.25. The molecule has 0 amide bonds. The number of hydrogen-bond donors (Lipinski definition) is 0. The summed E-state index contributed by atoms with van der Waals surface area (Å²) in [5.74, 6) is -0.556. The topological polar surface area (TPSA) is 82.3 Å². The maximum absolute atomic E-state index is 13.4. The first-order valence-electron chi connectivity index (χ1n) is 9.23. The third-order valence-electron chi connectivity index (χ3n) is 4.59. The third-order valence-corrected chi connectivity index (χ3v) is 4.59. The van der Waals surface area contributed by atoms with E-state index in [0.717, 1.165) is 11.1 Å². The van der Waals surface area contributed by atoms with Crippen LogP contribution in [0.3, 0.4) is 0 Å². The summed E-state index contributed by atoms with van der Waals surface area (Å²) in [6.45, 7) is 3.39. The highest BCUT2D eigenvalue weighted by molar-refractivity contribution is 6.02. The lowest BCUT2D eigenvalue weighted by Crippen LogP contribution is -2.20. The second-order valence-corrected chi connectivity index (χ2v) is 6.42. The van der Waals surface area contributed by atoms with E-state index in [1.165, 1.54) is 0 Å². The molecule has 0 N–H and O–H groups in total. The van der Waals surface area contributed by atoms with Crippen LogP contribution in [0, 0.1) is 6.92 Å². The van der Waals surface area contributed by atoms with E-state index >= 15 is 0 Å². The maximum Gasteiger partial charge on any atom is 0.345 e. The Morgan fingerprint density at radius 1 is 0.966 bits per heavy atom. The predicted molar refractivity (Wildman–Crippen MR) is 110 cm³/mol. The summed E-state index contributed by atoms with van der Waals surface area (Å²) in [5, 5.41) is 8.70. The highest BCUT2D eigenvalue weighted by Crippen LogP contribution is 2.34. The lowest BCUT2D eigenvalue weighted by atomic mass is 9.96. The van der Waals surface area contributed by atoms with E-state index in [9.17, 15) is 9.59 Å². The molecule has 0 aliphatic carbocycles. The van der Waals surface area contributed by atoms with Gasteiger partial charge >= 0.3 is 5.97 Å². The van der Waals surface area contributed by atoms with Crippen LogP contribution >= 0.6 is 0 Å². The van der Waals surface area contributed by atoms with Crippen molar-refractivity contribution in [3.05, 3.63) is 82.2 Å². The van der Waals surface area contributed by atoms with Crippen molar-refractivity contribution >= 4 is 17.1 Å². The second-order valence-electron chi connectivity index (χ2n) is 6.42. The molecule has 0 saturated carbocycles. The van der Waals surface area contributed by atoms with Crippen molar-refractivity contribution in [1.82, 2.24) is 10.2 Å². The summed E-state index contributed by atoms with van der Waals surface area (Å²) in [6, 6.07) is 18.9. The Bertz CT molecular complexity index is 1250. The van der Waals surface area contributed by atoms with Gasteiger partial charge in [0.1, 0.15) is 17.0 Å². The van der Waals surface area contributed by atoms with Gasteiger partial charge in [-0.1, -0.05) is 60.7 Å². The summed E-state index contributed by atoms with van der Waals surface area (Å²) in [6.07, 6.45) is 0. The molecule has 0 aliphatic heterocycles. The van der Waals surface area contributed by atoms with Gasteiger partial charge in [0.25, 0.3) is 5.71 Å². The van der Waals surface area contributed by atoms with Gasteiger partial charge in [-0.15, -0.1) is 10.2 Å². The van der Waals surface area contributed by atoms with Crippen LogP contribution in [0.2, 0.25) is 0 Å². The van der Waals surface area contributed by atoms with Crippen LogP contribution < -0.4 is 5.43 Å². The minimum atomic E-state index is -0.710. The number of ether oxygens (including phenoxy) is 1. The standard InChI is InChI=1S/C23H18N2O4/c1-3-28-23(27)17-14(2)29-22-19(21(17)26)18(15-10-6-4-7-11-15)20(24-25-22)16-12-8-5-9-13-16/h4-13H,3H2,1-2H3. The summed E-state index contributed by atoms with van der Waals surface area (Å²) in [4.78, 5) is 25.8. The highest BCUT2D eigenvalue weighted by atomic mass is 16.5. The van der Waals surface area contributed by atoms with Crippen LogP contribution in [0.5, 0.6) is 0 Å². The van der Waals surface area contributed by atoms with Gasteiger partial charge in [-0.2, -0.15) is 0 Å². The number of aryl methyl sites for hydroxylation is 1. The van der Waals surface area contributed by atoms with Crippen LogP contribution in [-0.4, -0.2) is 22.8 Å². The van der Waals surface area contributed by atoms with Gasteiger partial charge < -0.3 is 9.15 Å². The Hall–Kier alpha value is -3.80. The first-order valence-corrected chi connectivity index (χ1v) is 9.23. The van der Waals surface area contributed by atoms with Gasteiger partial charge in [0, 0.05) is 11.1 Å². The van der Waals surface area contributed by atoms with E-state index in [-0.39, 0.29) is 29.0 Å². The average molecular weight is 386 g/mol. The fraction of sp³-hybridized carbons (Fsp3) is 0.130. The summed E-state index contributed by atoms with van der Waals surface area (Å²) >= 11 is 0. The monoisotopic (exact) mass is 386 g/mol. The maximum atomic E-state index is 13.4. The van der Waals surface area contributed by atoms with E-state index in [4.69, 9.17) is 9.15 Å². The zero-order valence-corrected chi connectivity index (χ0v) is 16.0. The van der Waals surface area contributed by atoms with Crippen molar-refractivity contribution in [2.45, 2.75) is 13.8 Å². The molecule has 0 aliphatic rings. The van der Waals surface area contributed by atoms with Crippen LogP contribution in [0.4, 0.5) is 0 Å². The number of esters is 1. The van der Waals surface area contributed by atoms with Gasteiger partial charge in [0.05, 0.1) is 12.0 Å². The normalized spacial score (nSPS) is 10.8. The van der Waals surface area contributed by atoms with Gasteiger partial charge in [-0.3, -0.25) is 4.79 Å². The Labute approximate surface area is 166 Å². The molecule has 0 unspecified atom stereocenters. The molecule has 2 aromatic heterocycles. The van der Waals surface area contributed by atoms with Gasteiger partial charge in [-0.25, -0.2) is 4.79 Å². The Morgan fingerprint density at radius 2 is 1.59 bits per heavy atom. The van der Waals surface area contributed by atoms with Crippen LogP contribution in [-0.2, 0) is 4.74 Å². The largest absolute Gasteiger partial charge is 0.462 e. The molecule has 0 fully saturated rings. The average Bonchev–Trinajstić information content (AvgIpc) is 2.74. The molecule has 144 valence electrons. The summed E-state index contributed by atoms with van der Waals surface area (Å²) < 4.78 is 10.8. The van der Waals surface area contributed by atoms with Crippen molar-refractivity contribution in [1.29, 1.82) is 0 Å². The number of carbonyl (C=O) groups is 1. The van der Waals surface area contributed by atoms with Gasteiger partial charge in [-0.05, 0) is 19.4 Å². The van der Waals surface area contributed by atoms with Crippen LogP contribution in [0.1, 0.15) is 23.0 Å². The molecule has 2 heterocycles. The SMILES string of the molecule is CCOC(=O)c1c(C)oc2nnc(-c3ccccc3)c(-c3ccccc3)c2c1=O. The molecule has 0 radical (unpaired) electrons. The second kappa shape index (κ2) is 7.67. The van der Waals surface area contributed by atoms with E-state index in [0.29, 0.717) is 11.3 Å². The Balaban J connectivity index is 2.14. The summed E-state index contributed by atoms with van der Waals surface area (Å²) in [5.41, 5.74) is 2.17. The molecule has 29 heavy (non-hydrogen) atoms. The number of fused-ring (bicyclic) bond motifs is 1. The predicted octanol–water partition coefficient (Wildman–Crippen LogP) is 4.40. The minimum absolute atomic E-state index is 0.0825. The lowest BCUT2D eigenvalue weighted by molar-refractivity contribution is 0.0521. The Kier molecular flexibility index (Phi) is 4.91. The zero-order valence-electron chi connectivity index (χ0n) is 16.0. The number of benzene rings is 2. The molecule has 0 bridgehead atoms. The minimum Gasteiger partial charge on any atom is -0.462 e. The molecule has 4 rings (SSSR count). The van der Waals surface area contributed by atoms with E-state index in [2.05, 4.69) is 10.2 Å². The van der Waals surface area contributed by atoms with E-state index in [1.54, 1.807) is 13.8 Å². The van der Waals surface area contributed by atoms with E-state index < -0.39 is 11.4 Å². The number of carbonyl (C=O) groups excluding carboxylic acids is 1. The molecule has 0 atom stereocenters. The van der Waals surface area contributed by atoms with Crippen molar-refractivity contribution in [3.8, 4) is 22.4 Å². The Morgan fingerprint density at radius 3 is 2.21 bits per heavy atom. The molecular formula is C23H18N2O4. The molecule has 6 nitrogen and oxygen atoms in total. The smallest absolute Gasteiger partial charge is 0.345 e. The van der Waals surface area contributed by atoms with Crippen molar-refractivity contribution in [2.24, 2.45) is 0 Å². The van der Waals surface area contributed by atoms with Crippen molar-refractivity contribution in [2.75, 3.05) is 6.61 Å². The first kappa shape index (κ1) is 18.6. The molecule has 4 aromatic rings. The molecular weight excluding hydrogens is 368 g/mol. The lowest BCUT2D eigenvalue weighted by Gasteiger charge is -2.12. The third kappa shape index (κ3) is 3.29. The molecule has 2 aromatic carbocycles. The fourth-order valence-electron chi connectivity index (χ4n) is 3.31. The van der Waals surface area contributed by atoms with Crippen molar-refractivity contribution in [3.63, 3.8) is 0 Å². The van der Waals surface area contributed by atoms with Gasteiger partial charge in [0.15, 0.2) is 0 Å². The summed E-state index contributed by atoms with van der Waals surface area (Å²) in [7, 11) is 0. The first-order chi connectivity index (χ1) is 14.1. The van der Waals surface area contributed by atoms with Crippen LogP contribution in [0.25, 0.3) is 33.5 Å². The van der Waals surface area contributed by atoms with Crippen molar-refractivity contribution < 1.29 is 13.9 Å². The quantitative estimate of drug-likeness (QED) is 0.484. The van der Waals surface area contributed by atoms with Crippen LogP contribution in [0.15, 0.2) is 69.9 Å². The fourth-order valence-corrected chi connectivity index (χ4v) is 3.31. The van der Waals surface area contributed by atoms with Gasteiger partial charge in [0.2, 0.25) is 5.43 Å². The van der Waals surface area contributed by atoms with E-state index in [1.807, 2.05) is 60.7 Å².